The van der Waals surface area contributed by atoms with E-state index < -0.39 is 23.8 Å². The van der Waals surface area contributed by atoms with Crippen molar-refractivity contribution in [2.75, 3.05) is 12.3 Å². The minimum absolute atomic E-state index is 0.221. The minimum atomic E-state index is -0.861. The van der Waals surface area contributed by atoms with E-state index in [1.807, 2.05) is 54.6 Å². The van der Waals surface area contributed by atoms with Gasteiger partial charge in [-0.05, 0) is 62.3 Å². The molecule has 1 aliphatic heterocycles. The third kappa shape index (κ3) is 6.79. The zero-order valence-corrected chi connectivity index (χ0v) is 22.1. The smallest absolute Gasteiger partial charge is 0.408 e. The van der Waals surface area contributed by atoms with Crippen LogP contribution in [0.15, 0.2) is 60.8 Å². The van der Waals surface area contributed by atoms with Crippen LogP contribution in [0.25, 0.3) is 10.8 Å². The highest BCUT2D eigenvalue weighted by Crippen LogP contribution is 2.22. The number of nitrogens with zero attached hydrogens (tertiary/aromatic N) is 2. The average Bonchev–Trinajstić information content (AvgIpc) is 3.36. The van der Waals surface area contributed by atoms with E-state index in [0.29, 0.717) is 38.2 Å². The molecule has 0 aliphatic carbocycles. The van der Waals surface area contributed by atoms with E-state index in [-0.39, 0.29) is 11.8 Å². The Hall–Kier alpha value is -4.14. The van der Waals surface area contributed by atoms with Gasteiger partial charge in [0, 0.05) is 31.1 Å². The Morgan fingerprint density at radius 2 is 1.87 bits per heavy atom. The van der Waals surface area contributed by atoms with Crippen LogP contribution in [0.3, 0.4) is 0 Å². The highest BCUT2D eigenvalue weighted by molar-refractivity contribution is 5.93. The number of hydrogen-bond donors (Lipinski definition) is 3. The van der Waals surface area contributed by atoms with E-state index in [4.69, 9.17) is 10.5 Å². The van der Waals surface area contributed by atoms with Crippen LogP contribution in [0.5, 0.6) is 0 Å². The van der Waals surface area contributed by atoms with Gasteiger partial charge in [-0.1, -0.05) is 42.5 Å². The number of likely N-dealkylation sites (tertiary alicyclic amines) is 1. The summed E-state index contributed by atoms with van der Waals surface area (Å²) in [6, 6.07) is 15.6. The minimum Gasteiger partial charge on any atom is -0.444 e. The number of nitrogen functional groups attached to an aromatic ring is 1. The normalized spacial score (nSPS) is 16.2. The Morgan fingerprint density at radius 3 is 2.61 bits per heavy atom. The lowest BCUT2D eigenvalue weighted by molar-refractivity contribution is -0.140. The van der Waals surface area contributed by atoms with Crippen molar-refractivity contribution in [3.05, 3.63) is 71.9 Å². The number of ether oxygens (including phenoxy) is 1. The molecule has 0 bridgehead atoms. The molecule has 1 fully saturated rings. The lowest BCUT2D eigenvalue weighted by Gasteiger charge is -2.29. The fourth-order valence-electron chi connectivity index (χ4n) is 4.67. The predicted octanol–water partition coefficient (Wildman–Crippen LogP) is 3.56. The summed E-state index contributed by atoms with van der Waals surface area (Å²) >= 11 is 0. The van der Waals surface area contributed by atoms with Crippen LogP contribution in [-0.2, 0) is 27.3 Å². The molecule has 3 amide bonds. The van der Waals surface area contributed by atoms with E-state index in [9.17, 15) is 14.4 Å². The van der Waals surface area contributed by atoms with Crippen LogP contribution in [0.1, 0.15) is 44.7 Å². The zero-order valence-electron chi connectivity index (χ0n) is 22.1. The number of nitrogens with one attached hydrogen (secondary N) is 2. The summed E-state index contributed by atoms with van der Waals surface area (Å²) in [5.41, 5.74) is 7.05. The number of aromatic nitrogens is 1. The molecule has 3 aromatic rings. The molecule has 0 radical (unpaired) electrons. The summed E-state index contributed by atoms with van der Waals surface area (Å²) in [7, 11) is 0. The van der Waals surface area contributed by atoms with E-state index in [0.717, 1.165) is 21.9 Å². The molecular weight excluding hydrogens is 482 g/mol. The first kappa shape index (κ1) is 26.9. The van der Waals surface area contributed by atoms with Gasteiger partial charge in [0.15, 0.2) is 0 Å². The van der Waals surface area contributed by atoms with Gasteiger partial charge in [0.25, 0.3) is 0 Å². The predicted molar refractivity (Wildman–Crippen MR) is 146 cm³/mol. The van der Waals surface area contributed by atoms with Crippen molar-refractivity contribution in [3.8, 4) is 0 Å². The van der Waals surface area contributed by atoms with Crippen LogP contribution < -0.4 is 16.4 Å². The van der Waals surface area contributed by atoms with E-state index in [1.54, 1.807) is 31.9 Å². The number of amides is 3. The van der Waals surface area contributed by atoms with Crippen molar-refractivity contribution >= 4 is 34.5 Å². The third-order valence-corrected chi connectivity index (χ3v) is 6.44. The number of benzene rings is 2. The topological polar surface area (TPSA) is 127 Å². The monoisotopic (exact) mass is 517 g/mol. The first-order valence-electron chi connectivity index (χ1n) is 12.9. The maximum absolute atomic E-state index is 13.7. The van der Waals surface area contributed by atoms with Crippen molar-refractivity contribution in [2.45, 2.75) is 64.3 Å². The van der Waals surface area contributed by atoms with Gasteiger partial charge in [0.05, 0.1) is 0 Å². The van der Waals surface area contributed by atoms with Crippen LogP contribution in [0, 0.1) is 0 Å². The fourth-order valence-corrected chi connectivity index (χ4v) is 4.67. The van der Waals surface area contributed by atoms with Crippen molar-refractivity contribution in [2.24, 2.45) is 0 Å². The number of fused-ring (bicyclic) bond motifs is 1. The second-order valence-corrected chi connectivity index (χ2v) is 10.5. The molecule has 2 atom stereocenters. The number of carbonyl (C=O) groups excluding carboxylic acids is 3. The number of rotatable bonds is 7. The molecule has 38 heavy (non-hydrogen) atoms. The van der Waals surface area contributed by atoms with Gasteiger partial charge in [-0.25, -0.2) is 9.78 Å². The quantitative estimate of drug-likeness (QED) is 0.440. The molecule has 200 valence electrons. The highest BCUT2D eigenvalue weighted by atomic mass is 16.6. The lowest BCUT2D eigenvalue weighted by Crippen LogP contribution is -2.54. The fraction of sp³-hybridized carbons (Fsp3) is 0.379. The Morgan fingerprint density at radius 1 is 1.11 bits per heavy atom. The zero-order chi connectivity index (χ0) is 27.3. The first-order chi connectivity index (χ1) is 18.1. The Labute approximate surface area is 222 Å². The second-order valence-electron chi connectivity index (χ2n) is 10.5. The number of nitrogens with two attached hydrogens (primary N) is 1. The van der Waals surface area contributed by atoms with Crippen molar-refractivity contribution in [1.82, 2.24) is 20.5 Å². The van der Waals surface area contributed by atoms with Crippen LogP contribution >= 0.6 is 0 Å². The molecule has 2 aromatic carbocycles. The number of anilines is 1. The molecule has 1 aromatic heterocycles. The second kappa shape index (κ2) is 11.5. The summed E-state index contributed by atoms with van der Waals surface area (Å²) in [5, 5.41) is 7.51. The van der Waals surface area contributed by atoms with Gasteiger partial charge in [-0.2, -0.15) is 0 Å². The molecule has 9 heteroatoms. The Kier molecular flexibility index (Phi) is 8.14. The lowest BCUT2D eigenvalue weighted by atomic mass is 10.0. The van der Waals surface area contributed by atoms with Gasteiger partial charge >= 0.3 is 6.09 Å². The summed E-state index contributed by atoms with van der Waals surface area (Å²) in [6.07, 6.45) is 2.54. The number of pyridine rings is 1. The number of alkyl carbamates (subject to hydrolysis) is 1. The largest absolute Gasteiger partial charge is 0.444 e. The van der Waals surface area contributed by atoms with Gasteiger partial charge in [-0.3, -0.25) is 9.59 Å². The van der Waals surface area contributed by atoms with Crippen molar-refractivity contribution in [3.63, 3.8) is 0 Å². The van der Waals surface area contributed by atoms with Gasteiger partial charge in [0.2, 0.25) is 11.8 Å². The SMILES string of the molecule is CC(C)(C)OC(=O)NC(Cc1ccccc1)C(=O)N1CCCC1C(=O)NCc1ccc2c(N)nccc2c1. The number of hydrogen-bond acceptors (Lipinski definition) is 6. The molecular formula is C29H35N5O4. The van der Waals surface area contributed by atoms with Crippen molar-refractivity contribution < 1.29 is 19.1 Å². The van der Waals surface area contributed by atoms with Crippen molar-refractivity contribution in [1.29, 1.82) is 0 Å². The average molecular weight is 518 g/mol. The summed E-state index contributed by atoms with van der Waals surface area (Å²) in [4.78, 5) is 45.1. The molecule has 0 spiro atoms. The van der Waals surface area contributed by atoms with Gasteiger partial charge in [0.1, 0.15) is 23.5 Å². The summed E-state index contributed by atoms with van der Waals surface area (Å²) in [6.45, 7) is 6.06. The third-order valence-electron chi connectivity index (χ3n) is 6.44. The molecule has 1 saturated heterocycles. The maximum atomic E-state index is 13.7. The van der Waals surface area contributed by atoms with Crippen LogP contribution in [0.2, 0.25) is 0 Å². The molecule has 2 unspecified atom stereocenters. The first-order valence-corrected chi connectivity index (χ1v) is 12.9. The molecule has 1 aliphatic rings. The Bertz CT molecular complexity index is 1310. The van der Waals surface area contributed by atoms with Gasteiger partial charge < -0.3 is 26.0 Å². The van der Waals surface area contributed by atoms with E-state index in [1.165, 1.54) is 0 Å². The molecule has 9 nitrogen and oxygen atoms in total. The Balaban J connectivity index is 1.45. The van der Waals surface area contributed by atoms with Crippen LogP contribution in [-0.4, -0.2) is 52.0 Å². The molecule has 2 heterocycles. The standard InChI is InChI=1S/C29H35N5O4/c1-29(2,3)38-28(37)33-23(17-19-8-5-4-6-9-19)27(36)34-15-7-10-24(34)26(35)32-18-20-11-12-22-21(16-20)13-14-31-25(22)30/h4-6,8-9,11-14,16,23-24H,7,10,15,17-18H2,1-3H3,(H2,30,31)(H,32,35)(H,33,37). The van der Waals surface area contributed by atoms with E-state index in [2.05, 4.69) is 15.6 Å². The molecule has 0 saturated carbocycles. The van der Waals surface area contributed by atoms with Gasteiger partial charge in [-0.15, -0.1) is 0 Å². The maximum Gasteiger partial charge on any atom is 0.408 e. The summed E-state index contributed by atoms with van der Waals surface area (Å²) in [5.74, 6) is -0.0600. The van der Waals surface area contributed by atoms with Crippen LogP contribution in [0.4, 0.5) is 10.6 Å². The number of carbonyl (C=O) groups is 3. The van der Waals surface area contributed by atoms with E-state index >= 15 is 0 Å². The molecule has 4 rings (SSSR count). The summed E-state index contributed by atoms with van der Waals surface area (Å²) < 4.78 is 5.41. The highest BCUT2D eigenvalue weighted by Gasteiger charge is 2.38. The molecule has 4 N–H and O–H groups in total.